The summed E-state index contributed by atoms with van der Waals surface area (Å²) in [5.74, 6) is 6.40. The molecular formula is C17H23NO3. The third-order valence-electron chi connectivity index (χ3n) is 3.10. The van der Waals surface area contributed by atoms with E-state index in [4.69, 9.17) is 9.84 Å². The Morgan fingerprint density at radius 2 is 2.19 bits per heavy atom. The van der Waals surface area contributed by atoms with Gasteiger partial charge in [0.1, 0.15) is 5.75 Å². The van der Waals surface area contributed by atoms with E-state index in [-0.39, 0.29) is 12.5 Å². The van der Waals surface area contributed by atoms with Crippen LogP contribution in [0, 0.1) is 11.8 Å². The molecule has 0 heterocycles. The SMILES string of the molecule is CCCCN(C)C(=O)c1ccc(OC)c(C#CCCO)c1. The molecule has 4 nitrogen and oxygen atoms in total. The van der Waals surface area contributed by atoms with Crippen molar-refractivity contribution in [3.05, 3.63) is 29.3 Å². The highest BCUT2D eigenvalue weighted by molar-refractivity contribution is 5.94. The zero-order valence-electron chi connectivity index (χ0n) is 13.0. The number of hydrogen-bond acceptors (Lipinski definition) is 3. The van der Waals surface area contributed by atoms with E-state index in [1.165, 1.54) is 0 Å². The number of carbonyl (C=O) groups is 1. The average Bonchev–Trinajstić information content (AvgIpc) is 2.52. The first-order valence-corrected chi connectivity index (χ1v) is 7.17. The number of amides is 1. The first-order chi connectivity index (χ1) is 10.1. The summed E-state index contributed by atoms with van der Waals surface area (Å²) in [5.41, 5.74) is 1.27. The Hall–Kier alpha value is -1.99. The second-order valence-electron chi connectivity index (χ2n) is 4.77. The Balaban J connectivity index is 2.97. The highest BCUT2D eigenvalue weighted by Crippen LogP contribution is 2.19. The Morgan fingerprint density at radius 1 is 1.43 bits per heavy atom. The maximum absolute atomic E-state index is 12.3. The van der Waals surface area contributed by atoms with Crippen LogP contribution in [0.15, 0.2) is 18.2 Å². The lowest BCUT2D eigenvalue weighted by Gasteiger charge is -2.17. The molecule has 4 heteroatoms. The molecule has 0 atom stereocenters. The van der Waals surface area contributed by atoms with Crippen molar-refractivity contribution in [2.75, 3.05) is 27.3 Å². The normalized spacial score (nSPS) is 9.71. The molecule has 21 heavy (non-hydrogen) atoms. The molecule has 1 aromatic carbocycles. The van der Waals surface area contributed by atoms with E-state index >= 15 is 0 Å². The van der Waals surface area contributed by atoms with E-state index in [2.05, 4.69) is 18.8 Å². The molecule has 0 radical (unpaired) electrons. The van der Waals surface area contributed by atoms with Gasteiger partial charge in [-0.15, -0.1) is 0 Å². The van der Waals surface area contributed by atoms with Crippen molar-refractivity contribution < 1.29 is 14.6 Å². The Labute approximate surface area is 126 Å². The minimum Gasteiger partial charge on any atom is -0.495 e. The summed E-state index contributed by atoms with van der Waals surface area (Å²) >= 11 is 0. The molecule has 0 aliphatic carbocycles. The summed E-state index contributed by atoms with van der Waals surface area (Å²) in [6.45, 7) is 2.86. The number of carbonyl (C=O) groups excluding carboxylic acids is 1. The lowest BCUT2D eigenvalue weighted by molar-refractivity contribution is 0.0793. The van der Waals surface area contributed by atoms with Crippen LogP contribution in [-0.4, -0.2) is 43.2 Å². The molecule has 0 saturated heterocycles. The van der Waals surface area contributed by atoms with Crippen molar-refractivity contribution in [3.8, 4) is 17.6 Å². The molecule has 0 unspecified atom stereocenters. The van der Waals surface area contributed by atoms with Crippen LogP contribution in [0.3, 0.4) is 0 Å². The number of aliphatic hydroxyl groups is 1. The van der Waals surface area contributed by atoms with Gasteiger partial charge in [0.2, 0.25) is 0 Å². The molecule has 0 bridgehead atoms. The van der Waals surface area contributed by atoms with Gasteiger partial charge in [0.15, 0.2) is 0 Å². The minimum absolute atomic E-state index is 0.0173. The molecule has 1 N–H and O–H groups in total. The van der Waals surface area contributed by atoms with E-state index in [0.29, 0.717) is 23.3 Å². The predicted molar refractivity (Wildman–Crippen MR) is 83.4 cm³/mol. The number of nitrogens with zero attached hydrogens (tertiary/aromatic N) is 1. The highest BCUT2D eigenvalue weighted by atomic mass is 16.5. The number of rotatable bonds is 6. The molecule has 114 valence electrons. The Kier molecular flexibility index (Phi) is 7.34. The molecule has 0 fully saturated rings. The van der Waals surface area contributed by atoms with Crippen molar-refractivity contribution in [3.63, 3.8) is 0 Å². The van der Waals surface area contributed by atoms with Gasteiger partial charge < -0.3 is 14.7 Å². The number of unbranched alkanes of at least 4 members (excludes halogenated alkanes) is 1. The van der Waals surface area contributed by atoms with E-state index in [1.54, 1.807) is 37.3 Å². The molecule has 0 saturated carbocycles. The largest absolute Gasteiger partial charge is 0.495 e. The smallest absolute Gasteiger partial charge is 0.253 e. The fourth-order valence-electron chi connectivity index (χ4n) is 1.87. The van der Waals surface area contributed by atoms with Crippen molar-refractivity contribution in [1.29, 1.82) is 0 Å². The molecular weight excluding hydrogens is 266 g/mol. The lowest BCUT2D eigenvalue weighted by Crippen LogP contribution is -2.27. The van der Waals surface area contributed by atoms with Gasteiger partial charge in [-0.1, -0.05) is 25.2 Å². The fraction of sp³-hybridized carbons (Fsp3) is 0.471. The summed E-state index contributed by atoms with van der Waals surface area (Å²) < 4.78 is 5.25. The summed E-state index contributed by atoms with van der Waals surface area (Å²) in [6, 6.07) is 5.25. The quantitative estimate of drug-likeness (QED) is 0.818. The highest BCUT2D eigenvalue weighted by Gasteiger charge is 2.13. The standard InChI is InChI=1S/C17H23NO3/c1-4-5-11-18(2)17(20)15-9-10-16(21-3)14(13-15)8-6-7-12-19/h9-10,13,19H,4-5,7,11-12H2,1-3H3. The van der Waals surface area contributed by atoms with Crippen LogP contribution in [0.5, 0.6) is 5.75 Å². The maximum Gasteiger partial charge on any atom is 0.253 e. The third-order valence-corrected chi connectivity index (χ3v) is 3.10. The molecule has 1 rings (SSSR count). The van der Waals surface area contributed by atoms with Crippen molar-refractivity contribution in [1.82, 2.24) is 4.90 Å². The van der Waals surface area contributed by atoms with E-state index in [0.717, 1.165) is 19.4 Å². The second kappa shape index (κ2) is 9.04. The topological polar surface area (TPSA) is 49.8 Å². The number of benzene rings is 1. The molecule has 1 aromatic rings. The second-order valence-corrected chi connectivity index (χ2v) is 4.77. The zero-order valence-corrected chi connectivity index (χ0v) is 13.0. The van der Waals surface area contributed by atoms with Crippen molar-refractivity contribution >= 4 is 5.91 Å². The Morgan fingerprint density at radius 3 is 2.81 bits per heavy atom. The van der Waals surface area contributed by atoms with Gasteiger partial charge in [0.25, 0.3) is 5.91 Å². The van der Waals surface area contributed by atoms with E-state index in [1.807, 2.05) is 0 Å². The molecule has 1 amide bonds. The number of hydrogen-bond donors (Lipinski definition) is 1. The summed E-state index contributed by atoms with van der Waals surface area (Å²) in [5, 5.41) is 8.77. The van der Waals surface area contributed by atoms with Crippen molar-refractivity contribution in [2.45, 2.75) is 26.2 Å². The maximum atomic E-state index is 12.3. The van der Waals surface area contributed by atoms with Gasteiger partial charge in [-0.25, -0.2) is 0 Å². The summed E-state index contributed by atoms with van der Waals surface area (Å²) in [6.07, 6.45) is 2.44. The van der Waals surface area contributed by atoms with Crippen LogP contribution in [0.2, 0.25) is 0 Å². The van der Waals surface area contributed by atoms with Crippen LogP contribution in [0.4, 0.5) is 0 Å². The first-order valence-electron chi connectivity index (χ1n) is 7.17. The number of aliphatic hydroxyl groups excluding tert-OH is 1. The zero-order chi connectivity index (χ0) is 15.7. The minimum atomic E-state index is -0.0173. The van der Waals surface area contributed by atoms with Crippen LogP contribution < -0.4 is 4.74 Å². The first kappa shape index (κ1) is 17.1. The molecule has 0 aliphatic rings. The fourth-order valence-corrected chi connectivity index (χ4v) is 1.87. The van der Waals surface area contributed by atoms with Gasteiger partial charge in [-0.3, -0.25) is 4.79 Å². The number of methoxy groups -OCH3 is 1. The molecule has 0 spiro atoms. The monoisotopic (exact) mass is 289 g/mol. The lowest BCUT2D eigenvalue weighted by atomic mass is 10.1. The van der Waals surface area contributed by atoms with Crippen LogP contribution >= 0.6 is 0 Å². The van der Waals surface area contributed by atoms with Crippen LogP contribution in [0.1, 0.15) is 42.1 Å². The van der Waals surface area contributed by atoms with E-state index < -0.39 is 0 Å². The number of ether oxygens (including phenoxy) is 1. The average molecular weight is 289 g/mol. The molecule has 0 aromatic heterocycles. The van der Waals surface area contributed by atoms with Gasteiger partial charge in [0.05, 0.1) is 19.3 Å². The van der Waals surface area contributed by atoms with Gasteiger partial charge in [0, 0.05) is 25.6 Å². The van der Waals surface area contributed by atoms with Gasteiger partial charge in [-0.05, 0) is 24.6 Å². The van der Waals surface area contributed by atoms with Crippen molar-refractivity contribution in [2.24, 2.45) is 0 Å². The Bertz CT molecular complexity index is 529. The summed E-state index contributed by atoms with van der Waals surface area (Å²) in [7, 11) is 3.38. The van der Waals surface area contributed by atoms with Gasteiger partial charge in [-0.2, -0.15) is 0 Å². The molecule has 0 aliphatic heterocycles. The third kappa shape index (κ3) is 5.13. The van der Waals surface area contributed by atoms with Gasteiger partial charge >= 0.3 is 0 Å². The predicted octanol–water partition coefficient (Wildman–Crippen LogP) is 2.30. The van der Waals surface area contributed by atoms with E-state index in [9.17, 15) is 4.79 Å². The van der Waals surface area contributed by atoms with Crippen LogP contribution in [-0.2, 0) is 0 Å². The van der Waals surface area contributed by atoms with Crippen LogP contribution in [0.25, 0.3) is 0 Å². The summed E-state index contributed by atoms with van der Waals surface area (Å²) in [4.78, 5) is 14.0.